The van der Waals surface area contributed by atoms with Gasteiger partial charge < -0.3 is 10.2 Å². The van der Waals surface area contributed by atoms with Crippen molar-refractivity contribution in [1.29, 1.82) is 0 Å². The smallest absolute Gasteiger partial charge is 0.274 e. The molecule has 1 N–H and O–H groups in total. The van der Waals surface area contributed by atoms with E-state index in [2.05, 4.69) is 15.3 Å². The Balaban J connectivity index is 1.58. The van der Waals surface area contributed by atoms with Crippen LogP contribution in [0, 0.1) is 13.8 Å². The lowest BCUT2D eigenvalue weighted by Gasteiger charge is -2.16. The predicted molar refractivity (Wildman–Crippen MR) is 119 cm³/mol. The Kier molecular flexibility index (Phi) is 5.95. The van der Waals surface area contributed by atoms with Crippen LogP contribution in [-0.4, -0.2) is 40.2 Å². The molecule has 1 aliphatic rings. The SMILES string of the molecule is Cc1cc(C)cc(C(=O)NCc2nn(CCN3CCCC3)c(=O)c3ccccc23)c1. The fraction of sp³-hybridized carbons (Fsp3) is 0.375. The zero-order valence-electron chi connectivity index (χ0n) is 17.6. The molecular weight excluding hydrogens is 376 g/mol. The molecular formula is C24H28N4O2. The molecule has 3 aromatic rings. The van der Waals surface area contributed by atoms with E-state index in [1.807, 2.05) is 56.3 Å². The van der Waals surface area contributed by atoms with Crippen LogP contribution >= 0.6 is 0 Å². The van der Waals surface area contributed by atoms with E-state index in [-0.39, 0.29) is 18.0 Å². The van der Waals surface area contributed by atoms with Gasteiger partial charge in [0.2, 0.25) is 0 Å². The monoisotopic (exact) mass is 404 g/mol. The highest BCUT2D eigenvalue weighted by Crippen LogP contribution is 2.14. The molecule has 0 saturated carbocycles. The van der Waals surface area contributed by atoms with Crippen molar-refractivity contribution in [2.75, 3.05) is 19.6 Å². The number of aryl methyl sites for hydroxylation is 2. The number of rotatable bonds is 6. The van der Waals surface area contributed by atoms with Crippen molar-refractivity contribution in [3.05, 3.63) is 75.2 Å². The molecule has 1 saturated heterocycles. The van der Waals surface area contributed by atoms with Crippen LogP contribution < -0.4 is 10.9 Å². The third-order valence-electron chi connectivity index (χ3n) is 5.67. The van der Waals surface area contributed by atoms with E-state index in [1.54, 1.807) is 4.68 Å². The van der Waals surface area contributed by atoms with Crippen LogP contribution in [0.4, 0.5) is 0 Å². The van der Waals surface area contributed by atoms with E-state index >= 15 is 0 Å². The van der Waals surface area contributed by atoms with Gasteiger partial charge in [-0.25, -0.2) is 4.68 Å². The Bertz CT molecular complexity index is 1110. The minimum absolute atomic E-state index is 0.0748. The lowest BCUT2D eigenvalue weighted by molar-refractivity contribution is 0.0950. The molecule has 1 fully saturated rings. The first-order chi connectivity index (χ1) is 14.5. The highest BCUT2D eigenvalue weighted by molar-refractivity contribution is 5.94. The Labute approximate surface area is 176 Å². The Morgan fingerprint density at radius 1 is 1.00 bits per heavy atom. The van der Waals surface area contributed by atoms with Gasteiger partial charge in [-0.05, 0) is 58.0 Å². The van der Waals surface area contributed by atoms with Crippen molar-refractivity contribution in [2.45, 2.75) is 39.8 Å². The van der Waals surface area contributed by atoms with Crippen molar-refractivity contribution >= 4 is 16.7 Å². The second kappa shape index (κ2) is 8.79. The molecule has 6 heteroatoms. The Hall–Kier alpha value is -2.99. The molecule has 0 unspecified atom stereocenters. The Morgan fingerprint density at radius 3 is 2.37 bits per heavy atom. The Morgan fingerprint density at radius 2 is 1.67 bits per heavy atom. The number of carbonyl (C=O) groups excluding carboxylic acids is 1. The molecule has 1 aromatic heterocycles. The van der Waals surface area contributed by atoms with Gasteiger partial charge in [0, 0.05) is 17.5 Å². The van der Waals surface area contributed by atoms with Gasteiger partial charge in [0.25, 0.3) is 11.5 Å². The minimum Gasteiger partial charge on any atom is -0.346 e. The van der Waals surface area contributed by atoms with Gasteiger partial charge in [-0.2, -0.15) is 5.10 Å². The third-order valence-corrected chi connectivity index (χ3v) is 5.67. The number of hydrogen-bond donors (Lipinski definition) is 1. The number of fused-ring (bicyclic) bond motifs is 1. The molecule has 2 heterocycles. The quantitative estimate of drug-likeness (QED) is 0.686. The molecule has 1 aliphatic heterocycles. The summed E-state index contributed by atoms with van der Waals surface area (Å²) in [5.41, 5.74) is 3.39. The molecule has 2 aromatic carbocycles. The van der Waals surface area contributed by atoms with Crippen LogP contribution in [0.15, 0.2) is 47.3 Å². The number of likely N-dealkylation sites (tertiary alicyclic amines) is 1. The predicted octanol–water partition coefficient (Wildman–Crippen LogP) is 3.04. The summed E-state index contributed by atoms with van der Waals surface area (Å²) in [6, 6.07) is 13.3. The summed E-state index contributed by atoms with van der Waals surface area (Å²) in [5.74, 6) is -0.137. The van der Waals surface area contributed by atoms with Crippen LogP contribution in [0.1, 0.15) is 40.0 Å². The summed E-state index contributed by atoms with van der Waals surface area (Å²) in [7, 11) is 0. The maximum Gasteiger partial charge on any atom is 0.274 e. The molecule has 0 aliphatic carbocycles. The molecule has 0 radical (unpaired) electrons. The average Bonchev–Trinajstić information content (AvgIpc) is 3.25. The third kappa shape index (κ3) is 4.44. The zero-order chi connectivity index (χ0) is 21.1. The molecule has 4 rings (SSSR count). The topological polar surface area (TPSA) is 67.2 Å². The van der Waals surface area contributed by atoms with Gasteiger partial charge in [0.05, 0.1) is 24.2 Å². The lowest BCUT2D eigenvalue weighted by atomic mass is 10.1. The van der Waals surface area contributed by atoms with Gasteiger partial charge >= 0.3 is 0 Å². The molecule has 0 spiro atoms. The largest absolute Gasteiger partial charge is 0.346 e. The second-order valence-corrected chi connectivity index (χ2v) is 8.13. The van der Waals surface area contributed by atoms with Gasteiger partial charge in [-0.3, -0.25) is 9.59 Å². The normalized spacial score (nSPS) is 14.3. The first-order valence-corrected chi connectivity index (χ1v) is 10.6. The van der Waals surface area contributed by atoms with Crippen molar-refractivity contribution in [1.82, 2.24) is 20.0 Å². The van der Waals surface area contributed by atoms with Crippen LogP contribution in [0.2, 0.25) is 0 Å². The van der Waals surface area contributed by atoms with E-state index in [0.717, 1.165) is 36.1 Å². The maximum absolute atomic E-state index is 12.9. The van der Waals surface area contributed by atoms with E-state index in [9.17, 15) is 9.59 Å². The van der Waals surface area contributed by atoms with E-state index in [4.69, 9.17) is 0 Å². The van der Waals surface area contributed by atoms with Gasteiger partial charge in [0.15, 0.2) is 0 Å². The molecule has 0 atom stereocenters. The molecule has 6 nitrogen and oxygen atoms in total. The van der Waals surface area contributed by atoms with E-state index in [1.165, 1.54) is 12.8 Å². The van der Waals surface area contributed by atoms with Gasteiger partial charge in [0.1, 0.15) is 0 Å². The number of carbonyl (C=O) groups is 1. The summed E-state index contributed by atoms with van der Waals surface area (Å²) >= 11 is 0. The fourth-order valence-electron chi connectivity index (χ4n) is 4.20. The first kappa shape index (κ1) is 20.3. The highest BCUT2D eigenvalue weighted by Gasteiger charge is 2.15. The second-order valence-electron chi connectivity index (χ2n) is 8.13. The molecule has 156 valence electrons. The molecule has 0 bridgehead atoms. The van der Waals surface area contributed by atoms with E-state index < -0.39 is 0 Å². The number of nitrogens with zero attached hydrogens (tertiary/aromatic N) is 3. The van der Waals surface area contributed by atoms with E-state index in [0.29, 0.717) is 23.2 Å². The van der Waals surface area contributed by atoms with Crippen LogP contribution in [0.25, 0.3) is 10.8 Å². The fourth-order valence-corrected chi connectivity index (χ4v) is 4.20. The van der Waals surface area contributed by atoms with Crippen LogP contribution in [0.5, 0.6) is 0 Å². The number of benzene rings is 2. The average molecular weight is 405 g/mol. The maximum atomic E-state index is 12.9. The summed E-state index contributed by atoms with van der Waals surface area (Å²) < 4.78 is 1.55. The van der Waals surface area contributed by atoms with Crippen molar-refractivity contribution < 1.29 is 4.79 Å². The van der Waals surface area contributed by atoms with Gasteiger partial charge in [-0.1, -0.05) is 35.4 Å². The van der Waals surface area contributed by atoms with Crippen LogP contribution in [-0.2, 0) is 13.1 Å². The zero-order valence-corrected chi connectivity index (χ0v) is 17.6. The van der Waals surface area contributed by atoms with Crippen molar-refractivity contribution in [3.8, 4) is 0 Å². The molecule has 30 heavy (non-hydrogen) atoms. The summed E-state index contributed by atoms with van der Waals surface area (Å²) in [6.45, 7) is 7.78. The number of amides is 1. The van der Waals surface area contributed by atoms with Gasteiger partial charge in [-0.15, -0.1) is 0 Å². The highest BCUT2D eigenvalue weighted by atomic mass is 16.1. The number of aromatic nitrogens is 2. The van der Waals surface area contributed by atoms with Crippen molar-refractivity contribution in [2.24, 2.45) is 0 Å². The number of hydrogen-bond acceptors (Lipinski definition) is 4. The molecule has 1 amide bonds. The summed E-state index contributed by atoms with van der Waals surface area (Å²) in [5, 5.41) is 9.04. The van der Waals surface area contributed by atoms with Crippen molar-refractivity contribution in [3.63, 3.8) is 0 Å². The summed E-state index contributed by atoms with van der Waals surface area (Å²) in [6.07, 6.45) is 2.44. The van der Waals surface area contributed by atoms with Crippen LogP contribution in [0.3, 0.4) is 0 Å². The standard InChI is InChI=1S/C24H28N4O2/c1-17-13-18(2)15-19(14-17)23(29)25-16-22-20-7-3-4-8-21(20)24(30)28(26-22)12-11-27-9-5-6-10-27/h3-4,7-8,13-15H,5-6,9-12,16H2,1-2H3,(H,25,29). The number of nitrogens with one attached hydrogen (secondary N) is 1. The minimum atomic E-state index is -0.137. The summed E-state index contributed by atoms with van der Waals surface area (Å²) in [4.78, 5) is 28.0. The lowest BCUT2D eigenvalue weighted by Crippen LogP contribution is -2.32. The first-order valence-electron chi connectivity index (χ1n) is 10.6.